The molecule has 0 aromatic heterocycles. The van der Waals surface area contributed by atoms with Crippen LogP contribution in [0.25, 0.3) is 32.7 Å². The zero-order valence-corrected chi connectivity index (χ0v) is 34.6. The first-order valence-corrected chi connectivity index (χ1v) is 21.7. The van der Waals surface area contributed by atoms with Crippen LogP contribution in [0, 0.1) is 0 Å². The number of benzene rings is 6. The van der Waals surface area contributed by atoms with Gasteiger partial charge in [-0.3, -0.25) is 0 Å². The SMILES string of the molecule is ClC(Cl)(Cl)c1ccc([C](c2ccc(C(Cl)(Cl)Cl)cc2)=[Zr+2]([c]2cccc3c2c2c(c4ccccc43)-c3ccccc3C2)[CH]2C=CC=C2)cc1.[Cl-].[Cl-]. The molecule has 9 heteroatoms. The van der Waals surface area contributed by atoms with Crippen LogP contribution in [0.2, 0.25) is 3.63 Å². The van der Waals surface area contributed by atoms with E-state index in [0.717, 1.165) is 17.5 Å². The van der Waals surface area contributed by atoms with E-state index in [1.807, 2.05) is 24.3 Å². The Hall–Kier alpha value is -1.61. The summed E-state index contributed by atoms with van der Waals surface area (Å²) in [6.07, 6.45) is 10.0. The Morgan fingerprint density at radius 1 is 0.560 bits per heavy atom. The average Bonchev–Trinajstić information content (AvgIpc) is 3.75. The second kappa shape index (κ2) is 15.0. The van der Waals surface area contributed by atoms with Gasteiger partial charge in [-0.25, -0.2) is 0 Å². The Morgan fingerprint density at radius 2 is 1.08 bits per heavy atom. The molecule has 0 radical (unpaired) electrons. The van der Waals surface area contributed by atoms with E-state index in [2.05, 4.69) is 115 Å². The van der Waals surface area contributed by atoms with Crippen LogP contribution in [0.4, 0.5) is 0 Å². The Bertz CT molecular complexity index is 2260. The molecule has 250 valence electrons. The molecule has 0 spiro atoms. The van der Waals surface area contributed by atoms with E-state index in [1.54, 1.807) is 0 Å². The van der Waals surface area contributed by atoms with Crippen molar-refractivity contribution in [1.29, 1.82) is 0 Å². The van der Waals surface area contributed by atoms with Crippen molar-refractivity contribution < 1.29 is 46.1 Å². The molecule has 0 atom stereocenters. The zero-order chi connectivity index (χ0) is 33.2. The molecular weight excluding hydrogens is 867 g/mol. The number of alkyl halides is 6. The van der Waals surface area contributed by atoms with Crippen molar-refractivity contribution in [2.24, 2.45) is 0 Å². The van der Waals surface area contributed by atoms with Gasteiger partial charge in [-0.15, -0.1) is 0 Å². The van der Waals surface area contributed by atoms with Crippen molar-refractivity contribution in [3.05, 3.63) is 173 Å². The Morgan fingerprint density at radius 3 is 1.66 bits per heavy atom. The maximum Gasteiger partial charge on any atom is -1.00 e. The largest absolute Gasteiger partial charge is 1.00 e. The summed E-state index contributed by atoms with van der Waals surface area (Å²) >= 11 is 34.9. The fourth-order valence-corrected chi connectivity index (χ4v) is 16.4. The number of fused-ring (bicyclic) bond motifs is 8. The number of hydrogen-bond donors (Lipinski definition) is 0. The fourth-order valence-electron chi connectivity index (χ4n) is 7.38. The Kier molecular flexibility index (Phi) is 11.5. The average molecular weight is 894 g/mol. The predicted molar refractivity (Wildman–Crippen MR) is 206 cm³/mol. The van der Waals surface area contributed by atoms with Gasteiger partial charge in [0.2, 0.25) is 0 Å². The molecule has 0 fully saturated rings. The molecule has 0 aliphatic heterocycles. The molecule has 0 saturated heterocycles. The summed E-state index contributed by atoms with van der Waals surface area (Å²) in [4.78, 5) is 0. The quantitative estimate of drug-likeness (QED) is 0.137. The van der Waals surface area contributed by atoms with Gasteiger partial charge >= 0.3 is 321 Å². The van der Waals surface area contributed by atoms with Crippen LogP contribution in [0.1, 0.15) is 33.4 Å². The normalized spacial score (nSPS) is 13.4. The first-order valence-electron chi connectivity index (χ1n) is 15.6. The van der Waals surface area contributed by atoms with Gasteiger partial charge < -0.3 is 24.8 Å². The van der Waals surface area contributed by atoms with Crippen molar-refractivity contribution in [3.8, 4) is 11.1 Å². The molecule has 2 aliphatic rings. The molecular formula is C41H26Cl8Zr. The van der Waals surface area contributed by atoms with Crippen molar-refractivity contribution >= 4 is 97.6 Å². The van der Waals surface area contributed by atoms with Crippen LogP contribution in [-0.2, 0) is 35.3 Å². The minimum atomic E-state index is -3.01. The molecule has 6 aromatic rings. The molecule has 2 aliphatic carbocycles. The molecule has 0 N–H and O–H groups in total. The van der Waals surface area contributed by atoms with Crippen molar-refractivity contribution in [1.82, 2.24) is 0 Å². The summed E-state index contributed by atoms with van der Waals surface area (Å²) < 4.78 is 0.0250. The summed E-state index contributed by atoms with van der Waals surface area (Å²) in [7, 11) is 0. The van der Waals surface area contributed by atoms with Gasteiger partial charge in [-0.05, 0) is 0 Å². The van der Waals surface area contributed by atoms with Crippen LogP contribution >= 0.6 is 69.6 Å². The summed E-state index contributed by atoms with van der Waals surface area (Å²) in [5, 5.41) is 5.28. The van der Waals surface area contributed by atoms with Gasteiger partial charge in [0.25, 0.3) is 0 Å². The molecule has 0 unspecified atom stereocenters. The van der Waals surface area contributed by atoms with Crippen LogP contribution in [0.15, 0.2) is 140 Å². The third-order valence-corrected chi connectivity index (χ3v) is 18.5. The summed E-state index contributed by atoms with van der Waals surface area (Å²) in [6, 6.07) is 40.7. The van der Waals surface area contributed by atoms with Gasteiger partial charge in [-0.2, -0.15) is 0 Å². The first kappa shape index (κ1) is 38.1. The number of rotatable bonds is 4. The second-order valence-corrected chi connectivity index (χ2v) is 23.0. The van der Waals surface area contributed by atoms with Gasteiger partial charge in [0.1, 0.15) is 0 Å². The minimum Gasteiger partial charge on any atom is -1.00 e. The van der Waals surface area contributed by atoms with Crippen molar-refractivity contribution in [3.63, 3.8) is 0 Å². The van der Waals surface area contributed by atoms with Crippen molar-refractivity contribution in [2.75, 3.05) is 0 Å². The Labute approximate surface area is 342 Å². The summed E-state index contributed by atoms with van der Waals surface area (Å²) in [5.41, 5.74) is 8.95. The van der Waals surface area contributed by atoms with Crippen LogP contribution < -0.4 is 28.1 Å². The third kappa shape index (κ3) is 6.94. The van der Waals surface area contributed by atoms with Crippen LogP contribution in [-0.4, -0.2) is 3.21 Å². The monoisotopic (exact) mass is 888 g/mol. The van der Waals surface area contributed by atoms with Gasteiger partial charge in [0.15, 0.2) is 0 Å². The van der Waals surface area contributed by atoms with E-state index >= 15 is 0 Å². The molecule has 0 amide bonds. The molecule has 0 heterocycles. The fraction of sp³-hybridized carbons (Fsp3) is 0.0976. The van der Waals surface area contributed by atoms with E-state index in [9.17, 15) is 0 Å². The van der Waals surface area contributed by atoms with E-state index < -0.39 is 28.9 Å². The minimum absolute atomic E-state index is 0. The van der Waals surface area contributed by atoms with E-state index in [-0.39, 0.29) is 28.4 Å². The maximum absolute atomic E-state index is 6.32. The summed E-state index contributed by atoms with van der Waals surface area (Å²) in [5.74, 6) is 0. The van der Waals surface area contributed by atoms with E-state index in [1.165, 1.54) is 50.3 Å². The number of halogens is 8. The summed E-state index contributed by atoms with van der Waals surface area (Å²) in [6.45, 7) is 0. The van der Waals surface area contributed by atoms with Crippen LogP contribution in [0.3, 0.4) is 0 Å². The maximum atomic E-state index is 6.32. The van der Waals surface area contributed by atoms with E-state index in [4.69, 9.17) is 69.6 Å². The smallest absolute Gasteiger partial charge is 1.00 e. The van der Waals surface area contributed by atoms with Crippen LogP contribution in [0.5, 0.6) is 0 Å². The topological polar surface area (TPSA) is 0 Å². The molecule has 0 bridgehead atoms. The molecule has 50 heavy (non-hydrogen) atoms. The van der Waals surface area contributed by atoms with Gasteiger partial charge in [0, 0.05) is 0 Å². The molecule has 8 rings (SSSR count). The van der Waals surface area contributed by atoms with Gasteiger partial charge in [-0.1, -0.05) is 0 Å². The standard InChI is InChI=1S/C21H13.C15H8Cl6.C5H5.2ClH.Zr/c1-2-8-15-14(7-1)13-20-18-11-4-3-9-16(18)17-10-5-6-12-19(17)21(15)20;16-14(17,18)12-5-1-10(2-6-12)9-11-3-7-13(8-4-11)15(19,20)21;1-2-4-5-3-1;;;/h1-10,12H,13H2;1-8H;1-5H;2*1H;/q;;;;;+2/p-2. The van der Waals surface area contributed by atoms with Gasteiger partial charge in [0.05, 0.1) is 0 Å². The van der Waals surface area contributed by atoms with E-state index in [0.29, 0.717) is 11.1 Å². The third-order valence-electron chi connectivity index (χ3n) is 9.45. The molecule has 0 saturated carbocycles. The number of allylic oxidation sites excluding steroid dienone is 4. The molecule has 6 aromatic carbocycles. The zero-order valence-electron chi connectivity index (χ0n) is 26.1. The predicted octanol–water partition coefficient (Wildman–Crippen LogP) is 6.65. The Balaban J connectivity index is 0.00000216. The number of hydrogen-bond acceptors (Lipinski definition) is 0. The van der Waals surface area contributed by atoms with Crippen molar-refractivity contribution in [2.45, 2.75) is 17.6 Å². The second-order valence-electron chi connectivity index (χ2n) is 12.2. The first-order chi connectivity index (χ1) is 23.1. The molecule has 0 nitrogen and oxygen atoms in total.